The van der Waals surface area contributed by atoms with Crippen molar-refractivity contribution in [2.24, 2.45) is 11.3 Å². The molecule has 1 unspecified atom stereocenters. The SMILES string of the molecule is CCC(=O)C1CC12CCC2. The molecule has 0 aromatic carbocycles. The third-order valence-corrected chi connectivity index (χ3v) is 3.28. The van der Waals surface area contributed by atoms with Gasteiger partial charge in [0.1, 0.15) is 5.78 Å². The van der Waals surface area contributed by atoms with Crippen molar-refractivity contribution in [1.29, 1.82) is 0 Å². The Morgan fingerprint density at radius 1 is 1.60 bits per heavy atom. The lowest BCUT2D eigenvalue weighted by Gasteiger charge is -2.26. The number of hydrogen-bond donors (Lipinski definition) is 0. The molecule has 0 amide bonds. The summed E-state index contributed by atoms with van der Waals surface area (Å²) >= 11 is 0. The monoisotopic (exact) mass is 138 g/mol. The van der Waals surface area contributed by atoms with E-state index >= 15 is 0 Å². The second-order valence-corrected chi connectivity index (χ2v) is 3.79. The molecular weight excluding hydrogens is 124 g/mol. The normalized spacial score (nSPS) is 33.5. The van der Waals surface area contributed by atoms with Gasteiger partial charge in [-0.2, -0.15) is 0 Å². The molecule has 1 heteroatoms. The maximum absolute atomic E-state index is 11.2. The van der Waals surface area contributed by atoms with E-state index in [2.05, 4.69) is 0 Å². The summed E-state index contributed by atoms with van der Waals surface area (Å²) in [6, 6.07) is 0. The van der Waals surface area contributed by atoms with Crippen LogP contribution in [0.5, 0.6) is 0 Å². The zero-order chi connectivity index (χ0) is 7.19. The summed E-state index contributed by atoms with van der Waals surface area (Å²) < 4.78 is 0. The minimum absolute atomic E-state index is 0.492. The van der Waals surface area contributed by atoms with Gasteiger partial charge in [-0.15, -0.1) is 0 Å². The van der Waals surface area contributed by atoms with Crippen LogP contribution in [-0.2, 0) is 4.79 Å². The molecule has 0 heterocycles. The first-order valence-electron chi connectivity index (χ1n) is 4.31. The van der Waals surface area contributed by atoms with Crippen LogP contribution in [0.2, 0.25) is 0 Å². The molecule has 1 nitrogen and oxygen atoms in total. The number of ketones is 1. The Kier molecular flexibility index (Phi) is 1.17. The third-order valence-electron chi connectivity index (χ3n) is 3.28. The lowest BCUT2D eigenvalue weighted by molar-refractivity contribution is -0.121. The summed E-state index contributed by atoms with van der Waals surface area (Å²) in [5, 5.41) is 0. The first kappa shape index (κ1) is 6.38. The molecule has 2 rings (SSSR count). The number of carbonyl (C=O) groups excluding carboxylic acids is 1. The maximum Gasteiger partial charge on any atom is 0.136 e. The van der Waals surface area contributed by atoms with Crippen LogP contribution < -0.4 is 0 Å². The van der Waals surface area contributed by atoms with Crippen molar-refractivity contribution in [2.75, 3.05) is 0 Å². The summed E-state index contributed by atoms with van der Waals surface area (Å²) in [5.41, 5.74) is 0.563. The van der Waals surface area contributed by atoms with Gasteiger partial charge in [-0.3, -0.25) is 4.79 Å². The molecular formula is C9H14O. The van der Waals surface area contributed by atoms with Gasteiger partial charge in [-0.1, -0.05) is 13.3 Å². The van der Waals surface area contributed by atoms with Gasteiger partial charge in [0, 0.05) is 12.3 Å². The lowest BCUT2D eigenvalue weighted by Crippen LogP contribution is -2.18. The molecule has 2 aliphatic rings. The van der Waals surface area contributed by atoms with E-state index in [9.17, 15) is 4.79 Å². The second-order valence-electron chi connectivity index (χ2n) is 3.79. The zero-order valence-corrected chi connectivity index (χ0v) is 6.52. The third kappa shape index (κ3) is 0.664. The quantitative estimate of drug-likeness (QED) is 0.571. The molecule has 2 aliphatic carbocycles. The predicted octanol–water partition coefficient (Wildman–Crippen LogP) is 2.16. The van der Waals surface area contributed by atoms with E-state index in [1.807, 2.05) is 6.92 Å². The highest BCUT2D eigenvalue weighted by molar-refractivity contribution is 5.84. The van der Waals surface area contributed by atoms with Crippen molar-refractivity contribution < 1.29 is 4.79 Å². The minimum Gasteiger partial charge on any atom is -0.299 e. The van der Waals surface area contributed by atoms with Crippen LogP contribution in [0.1, 0.15) is 39.0 Å². The number of rotatable bonds is 2. The van der Waals surface area contributed by atoms with Gasteiger partial charge < -0.3 is 0 Å². The van der Waals surface area contributed by atoms with Gasteiger partial charge in [-0.25, -0.2) is 0 Å². The second kappa shape index (κ2) is 1.84. The van der Waals surface area contributed by atoms with Crippen molar-refractivity contribution in [1.82, 2.24) is 0 Å². The Balaban J connectivity index is 1.94. The Labute approximate surface area is 61.8 Å². The Morgan fingerprint density at radius 2 is 2.30 bits per heavy atom. The van der Waals surface area contributed by atoms with E-state index in [0.717, 1.165) is 6.42 Å². The summed E-state index contributed by atoms with van der Waals surface area (Å²) in [4.78, 5) is 11.2. The lowest BCUT2D eigenvalue weighted by atomic mass is 9.79. The van der Waals surface area contributed by atoms with Crippen LogP contribution in [0.15, 0.2) is 0 Å². The van der Waals surface area contributed by atoms with Crippen molar-refractivity contribution in [3.05, 3.63) is 0 Å². The molecule has 0 N–H and O–H groups in total. The molecule has 1 atom stereocenters. The smallest absolute Gasteiger partial charge is 0.136 e. The fourth-order valence-corrected chi connectivity index (χ4v) is 2.23. The summed E-state index contributed by atoms with van der Waals surface area (Å²) in [5.74, 6) is 1.01. The average molecular weight is 138 g/mol. The molecule has 10 heavy (non-hydrogen) atoms. The van der Waals surface area contributed by atoms with Crippen LogP contribution in [0.25, 0.3) is 0 Å². The molecule has 0 aliphatic heterocycles. The molecule has 2 fully saturated rings. The van der Waals surface area contributed by atoms with Crippen molar-refractivity contribution >= 4 is 5.78 Å². The minimum atomic E-state index is 0.492. The average Bonchev–Trinajstić information content (AvgIpc) is 2.59. The maximum atomic E-state index is 11.2. The van der Waals surface area contributed by atoms with E-state index in [1.54, 1.807) is 0 Å². The van der Waals surface area contributed by atoms with Gasteiger partial charge in [0.05, 0.1) is 0 Å². The van der Waals surface area contributed by atoms with E-state index in [0.29, 0.717) is 17.1 Å². The van der Waals surface area contributed by atoms with Crippen molar-refractivity contribution in [2.45, 2.75) is 39.0 Å². The topological polar surface area (TPSA) is 17.1 Å². The van der Waals surface area contributed by atoms with Gasteiger partial charge >= 0.3 is 0 Å². The van der Waals surface area contributed by atoms with Crippen LogP contribution in [-0.4, -0.2) is 5.78 Å². The standard InChI is InChI=1S/C9H14O/c1-2-8(10)7-6-9(7)4-3-5-9/h7H,2-6H2,1H3. The molecule has 0 radical (unpaired) electrons. The number of carbonyl (C=O) groups is 1. The number of hydrogen-bond acceptors (Lipinski definition) is 1. The first-order valence-corrected chi connectivity index (χ1v) is 4.31. The van der Waals surface area contributed by atoms with E-state index in [4.69, 9.17) is 0 Å². The van der Waals surface area contributed by atoms with Crippen LogP contribution >= 0.6 is 0 Å². The van der Waals surface area contributed by atoms with E-state index in [-0.39, 0.29) is 0 Å². The first-order chi connectivity index (χ1) is 4.78. The molecule has 56 valence electrons. The van der Waals surface area contributed by atoms with E-state index < -0.39 is 0 Å². The van der Waals surface area contributed by atoms with Gasteiger partial charge in [0.25, 0.3) is 0 Å². The predicted molar refractivity (Wildman–Crippen MR) is 39.7 cm³/mol. The molecule has 1 spiro atoms. The fraction of sp³-hybridized carbons (Fsp3) is 0.889. The van der Waals surface area contributed by atoms with Gasteiger partial charge in [0.15, 0.2) is 0 Å². The van der Waals surface area contributed by atoms with Crippen LogP contribution in [0.4, 0.5) is 0 Å². The highest BCUT2D eigenvalue weighted by Crippen LogP contribution is 2.65. The summed E-state index contributed by atoms with van der Waals surface area (Å²) in [6.07, 6.45) is 6.02. The van der Waals surface area contributed by atoms with Gasteiger partial charge in [0.2, 0.25) is 0 Å². The van der Waals surface area contributed by atoms with Crippen molar-refractivity contribution in [3.63, 3.8) is 0 Å². The summed E-state index contributed by atoms with van der Waals surface area (Å²) in [7, 11) is 0. The number of Topliss-reactive ketones (excluding diaryl/α,β-unsaturated/α-hetero) is 1. The largest absolute Gasteiger partial charge is 0.299 e. The van der Waals surface area contributed by atoms with Crippen molar-refractivity contribution in [3.8, 4) is 0 Å². The van der Waals surface area contributed by atoms with Crippen LogP contribution in [0.3, 0.4) is 0 Å². The Bertz CT molecular complexity index is 168. The van der Waals surface area contributed by atoms with Gasteiger partial charge in [-0.05, 0) is 24.7 Å². The summed E-state index contributed by atoms with van der Waals surface area (Å²) in [6.45, 7) is 1.98. The fourth-order valence-electron chi connectivity index (χ4n) is 2.23. The molecule has 0 saturated heterocycles. The molecule has 0 bridgehead atoms. The Morgan fingerprint density at radius 3 is 2.60 bits per heavy atom. The molecule has 2 saturated carbocycles. The zero-order valence-electron chi connectivity index (χ0n) is 6.52. The molecule has 0 aromatic heterocycles. The van der Waals surface area contributed by atoms with E-state index in [1.165, 1.54) is 25.7 Å². The highest BCUT2D eigenvalue weighted by Gasteiger charge is 2.59. The molecule has 0 aromatic rings. The van der Waals surface area contributed by atoms with Crippen LogP contribution in [0, 0.1) is 11.3 Å². The highest BCUT2D eigenvalue weighted by atomic mass is 16.1. The Hall–Kier alpha value is -0.330.